The lowest BCUT2D eigenvalue weighted by Gasteiger charge is -2.25. The Morgan fingerprint density at radius 1 is 0.212 bits per heavy atom. The molecule has 1 saturated heterocycles. The molecule has 1 unspecified atom stereocenters. The van der Waals surface area contributed by atoms with Crippen LogP contribution in [-0.2, 0) is 28.1 Å². The quantitative estimate of drug-likeness (QED) is 0.127. The zero-order valence-electron chi connectivity index (χ0n) is 66.3. The van der Waals surface area contributed by atoms with Gasteiger partial charge in [-0.3, -0.25) is 0 Å². The molecule has 4 aromatic carbocycles. The molecule has 0 spiro atoms. The number of hydrogen-bond donors (Lipinski definition) is 0. The van der Waals surface area contributed by atoms with E-state index >= 15 is 0 Å². The van der Waals surface area contributed by atoms with Crippen molar-refractivity contribution in [2.24, 2.45) is 0 Å². The van der Waals surface area contributed by atoms with Crippen LogP contribution in [0.3, 0.4) is 0 Å². The second kappa shape index (κ2) is 66.4. The fraction of sp³-hybridized carbons (Fsp3) is 0.739. The highest BCUT2D eigenvalue weighted by Crippen LogP contribution is 2.51. The molecule has 4 aromatic rings. The minimum atomic E-state index is -3.65. The number of ether oxygens (including phenoxy) is 4. The van der Waals surface area contributed by atoms with E-state index in [0.717, 1.165) is 38.5 Å². The van der Waals surface area contributed by atoms with Crippen molar-refractivity contribution in [1.82, 2.24) is 0 Å². The third kappa shape index (κ3) is 53.2. The maximum atomic E-state index is 14.6. The van der Waals surface area contributed by atoms with Gasteiger partial charge in [-0.1, -0.05) is 420 Å². The van der Waals surface area contributed by atoms with Crippen LogP contribution in [0.1, 0.15) is 372 Å². The van der Waals surface area contributed by atoms with Crippen LogP contribution in [0.5, 0.6) is 23.0 Å². The molecule has 104 heavy (non-hydrogen) atoms. The Hall–Kier alpha value is -3.62. The van der Waals surface area contributed by atoms with Crippen LogP contribution in [-0.4, -0.2) is 64.2 Å². The summed E-state index contributed by atoms with van der Waals surface area (Å²) >= 11 is 0. The molecule has 0 amide bonds. The van der Waals surface area contributed by atoms with E-state index in [0.29, 0.717) is 62.6 Å². The highest BCUT2D eigenvalue weighted by molar-refractivity contribution is 7.55. The first-order valence-electron chi connectivity index (χ1n) is 44.0. The minimum absolute atomic E-state index is 0.123. The number of para-hydroxylation sites is 4. The van der Waals surface area contributed by atoms with E-state index in [2.05, 4.69) is 0 Å². The van der Waals surface area contributed by atoms with E-state index in [1.807, 2.05) is 121 Å². The predicted molar refractivity (Wildman–Crippen MR) is 442 cm³/mol. The Labute approximate surface area is 638 Å². The van der Waals surface area contributed by atoms with Crippen molar-refractivity contribution in [2.45, 2.75) is 385 Å². The number of rotatable bonds is 12. The molecule has 5 rings (SSSR count). The Balaban J connectivity index is 0.946. The van der Waals surface area contributed by atoms with Gasteiger partial charge in [0.05, 0.1) is 25.4 Å². The van der Waals surface area contributed by atoms with Crippen molar-refractivity contribution in [3.05, 3.63) is 121 Å². The minimum Gasteiger partial charge on any atom is -0.416 e. The van der Waals surface area contributed by atoms with Gasteiger partial charge in [0.25, 0.3) is 0 Å². The zero-order chi connectivity index (χ0) is 72.9. The van der Waals surface area contributed by atoms with Crippen LogP contribution in [0.4, 0.5) is 0 Å². The topological polar surface area (TPSA) is 108 Å². The lowest BCUT2D eigenvalue weighted by atomic mass is 10.0. The van der Waals surface area contributed by atoms with Gasteiger partial charge in [0.1, 0.15) is 35.3 Å². The summed E-state index contributed by atoms with van der Waals surface area (Å²) in [4.78, 5) is 0. The molecule has 0 bridgehead atoms. The molecule has 1 aliphatic heterocycles. The Morgan fingerprint density at radius 3 is 0.519 bits per heavy atom. The fourth-order valence-corrected chi connectivity index (χ4v) is 18.2. The third-order valence-corrected chi connectivity index (χ3v) is 24.7. The van der Waals surface area contributed by atoms with Gasteiger partial charge in [-0.15, -0.1) is 0 Å². The van der Waals surface area contributed by atoms with Crippen molar-refractivity contribution < 1.29 is 46.2 Å². The summed E-state index contributed by atoms with van der Waals surface area (Å²) in [6, 6.07) is 37.5. The fourth-order valence-electron chi connectivity index (χ4n) is 14.6. The normalized spacial score (nSPS) is 21.5. The molecule has 12 heteroatoms. The van der Waals surface area contributed by atoms with Crippen molar-refractivity contribution in [2.75, 3.05) is 52.0 Å². The maximum Gasteiger partial charge on any atom is 0.433 e. The summed E-state index contributed by atoms with van der Waals surface area (Å²) in [7, 11) is -7.30. The molecule has 1 heterocycles. The third-order valence-electron chi connectivity index (χ3n) is 21.0. The molecule has 1 fully saturated rings. The molecule has 2 atom stereocenters. The molecule has 592 valence electrons. The van der Waals surface area contributed by atoms with Gasteiger partial charge in [0, 0.05) is 26.4 Å². The van der Waals surface area contributed by atoms with Crippen LogP contribution in [0, 0.1) is 0 Å². The summed E-state index contributed by atoms with van der Waals surface area (Å²) in [5, 5.41) is 0. The van der Waals surface area contributed by atoms with Gasteiger partial charge < -0.3 is 37.0 Å². The average molecular weight is 1480 g/mol. The summed E-state index contributed by atoms with van der Waals surface area (Å²) in [5.74, 6) is 2.11. The van der Waals surface area contributed by atoms with E-state index < -0.39 is 27.4 Å². The first kappa shape index (κ1) is 91.0. The van der Waals surface area contributed by atoms with Crippen LogP contribution < -0.4 is 18.1 Å². The molecular formula is C92H154O10P2. The molecule has 10 nitrogen and oxygen atoms in total. The largest absolute Gasteiger partial charge is 0.433 e. The van der Waals surface area contributed by atoms with E-state index in [9.17, 15) is 9.13 Å². The van der Waals surface area contributed by atoms with Gasteiger partial charge >= 0.3 is 15.2 Å². The molecule has 0 aliphatic carbocycles. The average Bonchev–Trinajstić information content (AvgIpc) is 0.846. The number of hydrogen-bond acceptors (Lipinski definition) is 10. The van der Waals surface area contributed by atoms with Crippen molar-refractivity contribution in [1.29, 1.82) is 0 Å². The Kier molecular flexibility index (Phi) is 58.1. The van der Waals surface area contributed by atoms with E-state index in [1.165, 1.54) is 334 Å². The molecule has 0 radical (unpaired) electrons. The van der Waals surface area contributed by atoms with E-state index in [4.69, 9.17) is 37.0 Å². The summed E-state index contributed by atoms with van der Waals surface area (Å²) in [6.45, 7) is 3.35. The molecule has 0 aromatic heterocycles. The molecule has 0 saturated carbocycles. The highest BCUT2D eigenvalue weighted by Gasteiger charge is 2.35. The van der Waals surface area contributed by atoms with Crippen molar-refractivity contribution >= 4 is 15.2 Å². The summed E-state index contributed by atoms with van der Waals surface area (Å²) in [6.07, 6.45) is 76.8. The highest BCUT2D eigenvalue weighted by atomic mass is 31.2. The van der Waals surface area contributed by atoms with Crippen LogP contribution >= 0.6 is 15.2 Å². The predicted octanol–water partition coefficient (Wildman–Crippen LogP) is 30.1. The van der Waals surface area contributed by atoms with E-state index in [1.54, 1.807) is 0 Å². The van der Waals surface area contributed by atoms with Crippen LogP contribution in [0.15, 0.2) is 121 Å². The van der Waals surface area contributed by atoms with Gasteiger partial charge in [-0.2, -0.15) is 0 Å². The van der Waals surface area contributed by atoms with Gasteiger partial charge in [-0.25, -0.2) is 9.13 Å². The summed E-state index contributed by atoms with van der Waals surface area (Å²) in [5.41, 5.74) is 0. The Bertz CT molecular complexity index is 2280. The summed E-state index contributed by atoms with van der Waals surface area (Å²) < 4.78 is 79.5. The van der Waals surface area contributed by atoms with Crippen molar-refractivity contribution in [3.63, 3.8) is 0 Å². The smallest absolute Gasteiger partial charge is 0.416 e. The number of benzene rings is 4. The molecule has 1 aliphatic rings. The lowest BCUT2D eigenvalue weighted by molar-refractivity contribution is -0.00872. The van der Waals surface area contributed by atoms with E-state index in [-0.39, 0.29) is 12.3 Å². The zero-order valence-corrected chi connectivity index (χ0v) is 68.1. The maximum absolute atomic E-state index is 14.6. The molecular weight excluding hydrogens is 1330 g/mol. The van der Waals surface area contributed by atoms with Gasteiger partial charge in [0.2, 0.25) is 0 Å². The lowest BCUT2D eigenvalue weighted by Crippen LogP contribution is -2.27. The first-order chi connectivity index (χ1) is 51.5. The SMILES string of the molecule is O=P(CC1COCCCCCCCCCCCCCCCCCCCCCCCCCCCCCCCCOC[C@@H](CP(=O)(Oc2ccccc2)Oc2ccccc2)OCCCCCCCCCCCCCCCCCCCCCCCCCCCCCCO1)(Oc1ccccc1)Oc1ccccc1. The second-order valence-electron chi connectivity index (χ2n) is 30.8. The van der Waals surface area contributed by atoms with Crippen molar-refractivity contribution in [3.8, 4) is 23.0 Å². The van der Waals surface area contributed by atoms with Gasteiger partial charge in [0.15, 0.2) is 0 Å². The van der Waals surface area contributed by atoms with Crippen LogP contribution in [0.25, 0.3) is 0 Å². The van der Waals surface area contributed by atoms with Gasteiger partial charge in [-0.05, 0) is 74.2 Å². The Morgan fingerprint density at radius 2 is 0.356 bits per heavy atom. The first-order valence-corrected chi connectivity index (χ1v) is 47.5. The second-order valence-corrected chi connectivity index (χ2v) is 34.8. The van der Waals surface area contributed by atoms with Crippen LogP contribution in [0.2, 0.25) is 0 Å². The molecule has 0 N–H and O–H groups in total. The monoisotopic (exact) mass is 1480 g/mol. The standard InChI is InChI=1S/C92H154O10P2/c93-103(99-87-71-59-55-60-72-87,100-88-73-61-56-62-74-88)85-91-83-95-79-67-51-47-43-39-35-31-27-23-19-15-11-7-3-1-2-4-8-12-16-20-24-28-32-36-40-44-48-52-68-80-96-84-92(86-104(94,101-89-75-63-57-64-76-89)102-90-77-65-58-66-78-90)98-82-70-54-50-46-42-38-34-30-26-22-18-14-10-6-5-9-13-17-21-25-29-33-37-41-45-49-53-69-81-97-91/h55-66,71-78,91-92H,1-54,67-70,79-86H2/t91-,92?/m0/s1.